The number of carbonyl (C=O) groups is 3. The van der Waals surface area contributed by atoms with E-state index in [4.69, 9.17) is 9.84 Å². The van der Waals surface area contributed by atoms with Crippen LogP contribution in [0.2, 0.25) is 0 Å². The Labute approximate surface area is 146 Å². The molecule has 25 heavy (non-hydrogen) atoms. The van der Waals surface area contributed by atoms with Gasteiger partial charge in [-0.25, -0.2) is 4.79 Å². The lowest BCUT2D eigenvalue weighted by molar-refractivity contribution is -0.142. The van der Waals surface area contributed by atoms with Crippen LogP contribution in [0.3, 0.4) is 0 Å². The Hall–Kier alpha value is -2.57. The molecule has 2 rings (SSSR count). The van der Waals surface area contributed by atoms with Crippen molar-refractivity contribution in [2.45, 2.75) is 51.5 Å². The first-order valence-corrected chi connectivity index (χ1v) is 8.57. The molecule has 0 aromatic heterocycles. The van der Waals surface area contributed by atoms with Gasteiger partial charge < -0.3 is 20.5 Å². The van der Waals surface area contributed by atoms with Crippen LogP contribution in [0.25, 0.3) is 0 Å². The van der Waals surface area contributed by atoms with Gasteiger partial charge in [-0.3, -0.25) is 9.59 Å². The van der Waals surface area contributed by atoms with Crippen LogP contribution >= 0.6 is 0 Å². The molecular weight excluding hydrogens is 324 g/mol. The number of carbonyl (C=O) groups excluding carboxylic acids is 2. The van der Waals surface area contributed by atoms with E-state index in [9.17, 15) is 14.4 Å². The highest BCUT2D eigenvalue weighted by Crippen LogP contribution is 2.26. The third-order valence-corrected chi connectivity index (χ3v) is 4.00. The predicted molar refractivity (Wildman–Crippen MR) is 92.6 cm³/mol. The molecule has 3 N–H and O–H groups in total. The second-order valence-electron chi connectivity index (χ2n) is 6.07. The summed E-state index contributed by atoms with van der Waals surface area (Å²) in [6, 6.07) is 4.67. The number of ether oxygens (including phenoxy) is 1. The molecule has 1 unspecified atom stereocenters. The van der Waals surface area contributed by atoms with Gasteiger partial charge in [0, 0.05) is 18.5 Å². The van der Waals surface area contributed by atoms with Crippen molar-refractivity contribution in [3.63, 3.8) is 0 Å². The number of hydrogen-bond acceptors (Lipinski definition) is 4. The topological polar surface area (TPSA) is 105 Å². The molecule has 1 aliphatic rings. The van der Waals surface area contributed by atoms with Crippen LogP contribution in [0, 0.1) is 0 Å². The third-order valence-electron chi connectivity index (χ3n) is 4.00. The minimum atomic E-state index is -1.01. The van der Waals surface area contributed by atoms with E-state index in [1.54, 1.807) is 6.07 Å². The quantitative estimate of drug-likeness (QED) is 0.593. The van der Waals surface area contributed by atoms with E-state index in [1.165, 1.54) is 0 Å². The molecule has 136 valence electrons. The lowest BCUT2D eigenvalue weighted by atomic mass is 10.0. The zero-order valence-electron chi connectivity index (χ0n) is 14.3. The molecule has 1 heterocycles. The molecule has 0 bridgehead atoms. The number of carboxylic acid groups (broad SMARTS) is 1. The molecule has 0 spiro atoms. The lowest BCUT2D eigenvalue weighted by Crippen LogP contribution is -2.40. The number of rotatable bonds is 9. The van der Waals surface area contributed by atoms with Crippen LogP contribution < -0.4 is 15.4 Å². The molecule has 7 heteroatoms. The smallest absolute Gasteiger partial charge is 0.326 e. The summed E-state index contributed by atoms with van der Waals surface area (Å²) in [4.78, 5) is 34.1. The number of nitrogens with one attached hydrogen (secondary N) is 2. The summed E-state index contributed by atoms with van der Waals surface area (Å²) in [6.45, 7) is 2.24. The maximum absolute atomic E-state index is 11.8. The maximum atomic E-state index is 11.8. The maximum Gasteiger partial charge on any atom is 0.326 e. The van der Waals surface area contributed by atoms with Crippen molar-refractivity contribution in [3.8, 4) is 5.75 Å². The fraction of sp³-hybridized carbons (Fsp3) is 0.500. The SMILES string of the molecule is CCCC(NC(=O)CCCOc1ccc2c(c1)CCC(=O)N2)C(=O)O. The van der Waals surface area contributed by atoms with Crippen molar-refractivity contribution in [1.82, 2.24) is 5.32 Å². The molecule has 1 aromatic carbocycles. The standard InChI is InChI=1S/C18H24N2O5/c1-2-4-15(18(23)24)20-16(21)5-3-10-25-13-7-8-14-12(11-13)6-9-17(22)19-14/h7-8,11,15H,2-6,9-10H2,1H3,(H,19,22)(H,20,21)(H,23,24). The molecule has 2 amide bonds. The molecule has 0 aliphatic carbocycles. The normalized spacial score (nSPS) is 14.2. The number of anilines is 1. The lowest BCUT2D eigenvalue weighted by Gasteiger charge is -2.17. The number of benzene rings is 1. The molecule has 0 radical (unpaired) electrons. The zero-order valence-corrected chi connectivity index (χ0v) is 14.3. The highest BCUT2D eigenvalue weighted by Gasteiger charge is 2.18. The van der Waals surface area contributed by atoms with Crippen LogP contribution in [-0.4, -0.2) is 35.5 Å². The van der Waals surface area contributed by atoms with Crippen LogP contribution in [-0.2, 0) is 20.8 Å². The first-order valence-electron chi connectivity index (χ1n) is 8.57. The second kappa shape index (κ2) is 9.05. The molecule has 1 aliphatic heterocycles. The summed E-state index contributed by atoms with van der Waals surface area (Å²) in [5, 5.41) is 14.4. The van der Waals surface area contributed by atoms with Crippen LogP contribution in [0.1, 0.15) is 44.6 Å². The van der Waals surface area contributed by atoms with Crippen molar-refractivity contribution in [2.24, 2.45) is 0 Å². The largest absolute Gasteiger partial charge is 0.494 e. The van der Waals surface area contributed by atoms with Gasteiger partial charge in [0.1, 0.15) is 11.8 Å². The van der Waals surface area contributed by atoms with Crippen molar-refractivity contribution in [3.05, 3.63) is 23.8 Å². The number of amides is 2. The molecule has 7 nitrogen and oxygen atoms in total. The van der Waals surface area contributed by atoms with Crippen molar-refractivity contribution in [1.29, 1.82) is 0 Å². The van der Waals surface area contributed by atoms with Crippen LogP contribution in [0.15, 0.2) is 18.2 Å². The number of aryl methyl sites for hydroxylation is 1. The first kappa shape index (κ1) is 18.8. The average molecular weight is 348 g/mol. The number of fused-ring (bicyclic) bond motifs is 1. The first-order chi connectivity index (χ1) is 12.0. The van der Waals surface area contributed by atoms with Gasteiger partial charge in [-0.1, -0.05) is 13.3 Å². The van der Waals surface area contributed by atoms with Crippen molar-refractivity contribution >= 4 is 23.5 Å². The molecule has 0 saturated carbocycles. The van der Waals surface area contributed by atoms with E-state index in [2.05, 4.69) is 10.6 Å². The Kier molecular flexibility index (Phi) is 6.80. The van der Waals surface area contributed by atoms with Crippen molar-refractivity contribution in [2.75, 3.05) is 11.9 Å². The van der Waals surface area contributed by atoms with Gasteiger partial charge in [0.2, 0.25) is 11.8 Å². The van der Waals surface area contributed by atoms with Gasteiger partial charge in [-0.05, 0) is 43.0 Å². The van der Waals surface area contributed by atoms with Crippen LogP contribution in [0.4, 0.5) is 5.69 Å². The second-order valence-corrected chi connectivity index (χ2v) is 6.07. The predicted octanol–water partition coefficient (Wildman–Crippen LogP) is 2.10. The van der Waals surface area contributed by atoms with Gasteiger partial charge in [-0.2, -0.15) is 0 Å². The number of aliphatic carboxylic acids is 1. The van der Waals surface area contributed by atoms with E-state index in [1.807, 2.05) is 19.1 Å². The minimum Gasteiger partial charge on any atom is -0.494 e. The minimum absolute atomic E-state index is 0.0231. The third kappa shape index (κ3) is 5.77. The summed E-state index contributed by atoms with van der Waals surface area (Å²) < 4.78 is 5.64. The fourth-order valence-corrected chi connectivity index (χ4v) is 2.68. The van der Waals surface area contributed by atoms with Gasteiger partial charge in [-0.15, -0.1) is 0 Å². The monoisotopic (exact) mass is 348 g/mol. The Morgan fingerprint density at radius 3 is 2.88 bits per heavy atom. The molecule has 0 fully saturated rings. The Morgan fingerprint density at radius 1 is 1.36 bits per heavy atom. The van der Waals surface area contributed by atoms with Gasteiger partial charge in [0.25, 0.3) is 0 Å². The van der Waals surface area contributed by atoms with Crippen LogP contribution in [0.5, 0.6) is 5.75 Å². The van der Waals surface area contributed by atoms with E-state index in [0.717, 1.165) is 11.3 Å². The van der Waals surface area contributed by atoms with Crippen molar-refractivity contribution < 1.29 is 24.2 Å². The Balaban J connectivity index is 1.73. The summed E-state index contributed by atoms with van der Waals surface area (Å²) >= 11 is 0. The van der Waals surface area contributed by atoms with E-state index in [0.29, 0.717) is 44.5 Å². The molecule has 1 aromatic rings. The average Bonchev–Trinajstić information content (AvgIpc) is 2.58. The highest BCUT2D eigenvalue weighted by molar-refractivity contribution is 5.94. The van der Waals surface area contributed by atoms with E-state index >= 15 is 0 Å². The number of carboxylic acids is 1. The van der Waals surface area contributed by atoms with E-state index < -0.39 is 12.0 Å². The summed E-state index contributed by atoms with van der Waals surface area (Å²) in [6.07, 6.45) is 2.99. The summed E-state index contributed by atoms with van der Waals surface area (Å²) in [5.74, 6) is -0.565. The van der Waals surface area contributed by atoms with Gasteiger partial charge in [0.05, 0.1) is 6.61 Å². The molecule has 0 saturated heterocycles. The number of hydrogen-bond donors (Lipinski definition) is 3. The van der Waals surface area contributed by atoms with E-state index in [-0.39, 0.29) is 18.2 Å². The molecular formula is C18H24N2O5. The summed E-state index contributed by atoms with van der Waals surface area (Å²) in [5.41, 5.74) is 1.86. The fourth-order valence-electron chi connectivity index (χ4n) is 2.68. The molecule has 1 atom stereocenters. The van der Waals surface area contributed by atoms with Gasteiger partial charge >= 0.3 is 5.97 Å². The zero-order chi connectivity index (χ0) is 18.2. The summed E-state index contributed by atoms with van der Waals surface area (Å²) in [7, 11) is 0. The Morgan fingerprint density at radius 2 is 2.16 bits per heavy atom. The Bertz CT molecular complexity index is 644. The highest BCUT2D eigenvalue weighted by atomic mass is 16.5. The van der Waals surface area contributed by atoms with Gasteiger partial charge in [0.15, 0.2) is 0 Å².